The van der Waals surface area contributed by atoms with Gasteiger partial charge in [-0.05, 0) is 43.0 Å². The Morgan fingerprint density at radius 2 is 2.24 bits per heavy atom. The van der Waals surface area contributed by atoms with Crippen molar-refractivity contribution < 1.29 is 19.4 Å². The molecule has 2 N–H and O–H groups in total. The summed E-state index contributed by atoms with van der Waals surface area (Å²) in [4.78, 5) is 22.4. The molecule has 0 aliphatic carbocycles. The highest BCUT2D eigenvalue weighted by molar-refractivity contribution is 5.91. The molecule has 1 aliphatic rings. The summed E-state index contributed by atoms with van der Waals surface area (Å²) in [6.45, 7) is 0.730. The third-order valence-electron chi connectivity index (χ3n) is 3.28. The highest BCUT2D eigenvalue weighted by Crippen LogP contribution is 2.17. The number of rotatable bonds is 5. The SMILES string of the molecule is O=C(O)/C=C/c1cccc(NC(=O)CC2CCCCO2)c1. The van der Waals surface area contributed by atoms with E-state index in [9.17, 15) is 9.59 Å². The van der Waals surface area contributed by atoms with Crippen LogP contribution in [0, 0.1) is 0 Å². The van der Waals surface area contributed by atoms with Crippen molar-refractivity contribution in [3.8, 4) is 0 Å². The average Bonchev–Trinajstić information content (AvgIpc) is 2.46. The summed E-state index contributed by atoms with van der Waals surface area (Å²) in [5.74, 6) is -1.08. The lowest BCUT2D eigenvalue weighted by Crippen LogP contribution is -2.25. The number of carboxylic acids is 1. The molecule has 0 saturated carbocycles. The molecular formula is C16H19NO4. The first-order valence-electron chi connectivity index (χ1n) is 7.06. The van der Waals surface area contributed by atoms with Gasteiger partial charge in [0, 0.05) is 18.4 Å². The van der Waals surface area contributed by atoms with E-state index in [1.54, 1.807) is 24.3 Å². The van der Waals surface area contributed by atoms with E-state index in [4.69, 9.17) is 9.84 Å². The molecule has 5 nitrogen and oxygen atoms in total. The molecule has 1 heterocycles. The quantitative estimate of drug-likeness (QED) is 0.817. The molecule has 1 aromatic rings. The lowest BCUT2D eigenvalue weighted by atomic mass is 10.1. The van der Waals surface area contributed by atoms with Crippen LogP contribution in [0.1, 0.15) is 31.2 Å². The maximum Gasteiger partial charge on any atom is 0.328 e. The van der Waals surface area contributed by atoms with Gasteiger partial charge in [0.05, 0.1) is 12.5 Å². The molecule has 1 unspecified atom stereocenters. The summed E-state index contributed by atoms with van der Waals surface area (Å²) < 4.78 is 5.54. The van der Waals surface area contributed by atoms with Crippen molar-refractivity contribution in [2.45, 2.75) is 31.8 Å². The number of carbonyl (C=O) groups is 2. The van der Waals surface area contributed by atoms with Gasteiger partial charge in [0.25, 0.3) is 0 Å². The number of aliphatic carboxylic acids is 1. The monoisotopic (exact) mass is 289 g/mol. The van der Waals surface area contributed by atoms with Gasteiger partial charge in [0.15, 0.2) is 0 Å². The second kappa shape index (κ2) is 7.59. The van der Waals surface area contributed by atoms with Gasteiger partial charge < -0.3 is 15.2 Å². The number of benzene rings is 1. The van der Waals surface area contributed by atoms with E-state index >= 15 is 0 Å². The van der Waals surface area contributed by atoms with Gasteiger partial charge in [-0.25, -0.2) is 4.79 Å². The lowest BCUT2D eigenvalue weighted by Gasteiger charge is -2.21. The van der Waals surface area contributed by atoms with Crippen molar-refractivity contribution in [1.29, 1.82) is 0 Å². The predicted molar refractivity (Wildman–Crippen MR) is 79.9 cm³/mol. The molecule has 0 radical (unpaired) electrons. The number of nitrogens with one attached hydrogen (secondary N) is 1. The van der Waals surface area contributed by atoms with Crippen molar-refractivity contribution in [2.75, 3.05) is 11.9 Å². The van der Waals surface area contributed by atoms with Crippen LogP contribution in [-0.4, -0.2) is 29.7 Å². The molecule has 0 spiro atoms. The molecule has 1 aliphatic heterocycles. The van der Waals surface area contributed by atoms with E-state index in [2.05, 4.69) is 5.32 Å². The molecule has 21 heavy (non-hydrogen) atoms. The molecule has 1 aromatic carbocycles. The van der Waals surface area contributed by atoms with Crippen LogP contribution in [0.15, 0.2) is 30.3 Å². The van der Waals surface area contributed by atoms with E-state index in [1.807, 2.05) is 0 Å². The van der Waals surface area contributed by atoms with E-state index in [-0.39, 0.29) is 12.0 Å². The highest BCUT2D eigenvalue weighted by Gasteiger charge is 2.17. The van der Waals surface area contributed by atoms with Gasteiger partial charge in [-0.1, -0.05) is 12.1 Å². The zero-order valence-corrected chi connectivity index (χ0v) is 11.7. The number of carbonyl (C=O) groups excluding carboxylic acids is 1. The Balaban J connectivity index is 1.90. The number of ether oxygens (including phenoxy) is 1. The van der Waals surface area contributed by atoms with Crippen LogP contribution in [0.25, 0.3) is 6.08 Å². The molecule has 1 atom stereocenters. The summed E-state index contributed by atoms with van der Waals surface area (Å²) in [5, 5.41) is 11.4. The third kappa shape index (κ3) is 5.39. The van der Waals surface area contributed by atoms with Gasteiger partial charge >= 0.3 is 5.97 Å². The molecule has 0 bridgehead atoms. The molecule has 1 fully saturated rings. The predicted octanol–water partition coefficient (Wildman–Crippen LogP) is 2.68. The Bertz CT molecular complexity index is 533. The molecule has 1 saturated heterocycles. The van der Waals surface area contributed by atoms with Crippen LogP contribution in [0.2, 0.25) is 0 Å². The topological polar surface area (TPSA) is 75.6 Å². The van der Waals surface area contributed by atoms with Crippen molar-refractivity contribution in [1.82, 2.24) is 0 Å². The molecule has 1 amide bonds. The van der Waals surface area contributed by atoms with Crippen LogP contribution in [-0.2, 0) is 14.3 Å². The van der Waals surface area contributed by atoms with E-state index in [0.717, 1.165) is 37.5 Å². The van der Waals surface area contributed by atoms with E-state index in [1.165, 1.54) is 6.08 Å². The summed E-state index contributed by atoms with van der Waals surface area (Å²) in [6.07, 6.45) is 6.01. The van der Waals surface area contributed by atoms with Gasteiger partial charge in [0.2, 0.25) is 5.91 Å². The Morgan fingerprint density at radius 1 is 1.38 bits per heavy atom. The summed E-state index contributed by atoms with van der Waals surface area (Å²) in [5.41, 5.74) is 1.38. The number of hydrogen-bond acceptors (Lipinski definition) is 3. The minimum Gasteiger partial charge on any atom is -0.478 e. The first-order chi connectivity index (χ1) is 10.1. The minimum absolute atomic E-state index is 0.00818. The number of amides is 1. The van der Waals surface area contributed by atoms with Crippen molar-refractivity contribution >= 4 is 23.6 Å². The Labute approximate surface area is 123 Å². The van der Waals surface area contributed by atoms with Gasteiger partial charge in [-0.3, -0.25) is 4.79 Å². The second-order valence-electron chi connectivity index (χ2n) is 5.04. The molecule has 2 rings (SSSR count). The summed E-state index contributed by atoms with van der Waals surface area (Å²) >= 11 is 0. The largest absolute Gasteiger partial charge is 0.478 e. The van der Waals surface area contributed by atoms with E-state index < -0.39 is 5.97 Å². The smallest absolute Gasteiger partial charge is 0.328 e. The van der Waals surface area contributed by atoms with E-state index in [0.29, 0.717) is 12.1 Å². The zero-order chi connectivity index (χ0) is 15.1. The average molecular weight is 289 g/mol. The van der Waals surface area contributed by atoms with Crippen molar-refractivity contribution in [3.63, 3.8) is 0 Å². The number of carboxylic acid groups (broad SMARTS) is 1. The molecule has 0 aromatic heterocycles. The molecule has 112 valence electrons. The first kappa shape index (κ1) is 15.3. The van der Waals surface area contributed by atoms with Gasteiger partial charge in [-0.15, -0.1) is 0 Å². The fraction of sp³-hybridized carbons (Fsp3) is 0.375. The standard InChI is InChI=1S/C16H19NO4/c18-15(11-14-6-1-2-9-21-14)17-13-5-3-4-12(10-13)7-8-16(19)20/h3-5,7-8,10,14H,1-2,6,9,11H2,(H,17,18)(H,19,20)/b8-7+. The normalized spacial score (nSPS) is 18.6. The lowest BCUT2D eigenvalue weighted by molar-refractivity contribution is -0.131. The second-order valence-corrected chi connectivity index (χ2v) is 5.04. The van der Waals surface area contributed by atoms with Crippen LogP contribution in [0.5, 0.6) is 0 Å². The van der Waals surface area contributed by atoms with Crippen molar-refractivity contribution in [3.05, 3.63) is 35.9 Å². The van der Waals surface area contributed by atoms with Gasteiger partial charge in [-0.2, -0.15) is 0 Å². The fourth-order valence-corrected chi connectivity index (χ4v) is 2.27. The Hall–Kier alpha value is -2.14. The first-order valence-corrected chi connectivity index (χ1v) is 7.06. The van der Waals surface area contributed by atoms with Crippen molar-refractivity contribution in [2.24, 2.45) is 0 Å². The van der Waals surface area contributed by atoms with Crippen LogP contribution in [0.4, 0.5) is 5.69 Å². The van der Waals surface area contributed by atoms with Crippen LogP contribution in [0.3, 0.4) is 0 Å². The fourth-order valence-electron chi connectivity index (χ4n) is 2.27. The summed E-state index contributed by atoms with van der Waals surface area (Å²) in [7, 11) is 0. The zero-order valence-electron chi connectivity index (χ0n) is 11.7. The third-order valence-corrected chi connectivity index (χ3v) is 3.28. The highest BCUT2D eigenvalue weighted by atomic mass is 16.5. The van der Waals surface area contributed by atoms with Crippen LogP contribution >= 0.6 is 0 Å². The number of anilines is 1. The minimum atomic E-state index is -1.00. The molecular weight excluding hydrogens is 270 g/mol. The summed E-state index contributed by atoms with van der Waals surface area (Å²) in [6, 6.07) is 7.06. The Morgan fingerprint density at radius 3 is 2.95 bits per heavy atom. The Kier molecular flexibility index (Phi) is 5.51. The number of hydrogen-bond donors (Lipinski definition) is 2. The van der Waals surface area contributed by atoms with Gasteiger partial charge in [0.1, 0.15) is 0 Å². The maximum atomic E-state index is 12.0. The molecule has 5 heteroatoms. The van der Waals surface area contributed by atoms with Crippen LogP contribution < -0.4 is 5.32 Å². The maximum absolute atomic E-state index is 12.0.